The SMILES string of the molecule is CC(C)C(N)c1cc(C#N)ccc1F. The van der Waals surface area contributed by atoms with E-state index in [1.807, 2.05) is 19.9 Å². The van der Waals surface area contributed by atoms with Crippen molar-refractivity contribution >= 4 is 0 Å². The molecule has 0 amide bonds. The number of nitrogens with two attached hydrogens (primary N) is 1. The van der Waals surface area contributed by atoms with Gasteiger partial charge < -0.3 is 5.73 Å². The molecule has 0 saturated carbocycles. The summed E-state index contributed by atoms with van der Waals surface area (Å²) in [5, 5.41) is 8.66. The fourth-order valence-corrected chi connectivity index (χ4v) is 1.23. The number of nitriles is 1. The highest BCUT2D eigenvalue weighted by Crippen LogP contribution is 2.22. The number of rotatable bonds is 2. The molecular formula is C11H13FN2. The number of benzene rings is 1. The molecule has 1 aromatic rings. The second kappa shape index (κ2) is 4.21. The van der Waals surface area contributed by atoms with Gasteiger partial charge in [-0.05, 0) is 24.1 Å². The number of nitrogens with zero attached hydrogens (tertiary/aromatic N) is 1. The Bertz CT molecular complexity index is 366. The molecule has 14 heavy (non-hydrogen) atoms. The predicted molar refractivity (Wildman–Crippen MR) is 52.9 cm³/mol. The topological polar surface area (TPSA) is 49.8 Å². The van der Waals surface area contributed by atoms with E-state index in [2.05, 4.69) is 0 Å². The van der Waals surface area contributed by atoms with Crippen LogP contribution in [0.4, 0.5) is 4.39 Å². The van der Waals surface area contributed by atoms with Gasteiger partial charge in [0.25, 0.3) is 0 Å². The first-order valence-corrected chi connectivity index (χ1v) is 4.51. The normalized spacial score (nSPS) is 12.6. The van der Waals surface area contributed by atoms with Crippen molar-refractivity contribution in [2.24, 2.45) is 11.7 Å². The minimum Gasteiger partial charge on any atom is -0.324 e. The summed E-state index contributed by atoms with van der Waals surface area (Å²) in [4.78, 5) is 0. The third-order valence-electron chi connectivity index (χ3n) is 2.20. The maximum absolute atomic E-state index is 13.3. The summed E-state index contributed by atoms with van der Waals surface area (Å²) < 4.78 is 13.3. The highest BCUT2D eigenvalue weighted by molar-refractivity contribution is 5.35. The van der Waals surface area contributed by atoms with Crippen LogP contribution in [0.2, 0.25) is 0 Å². The van der Waals surface area contributed by atoms with Crippen molar-refractivity contribution in [3.63, 3.8) is 0 Å². The minimum absolute atomic E-state index is 0.151. The Morgan fingerprint density at radius 2 is 2.07 bits per heavy atom. The molecule has 0 aliphatic carbocycles. The fourth-order valence-electron chi connectivity index (χ4n) is 1.23. The lowest BCUT2D eigenvalue weighted by Gasteiger charge is -2.16. The molecule has 0 radical (unpaired) electrons. The fraction of sp³-hybridized carbons (Fsp3) is 0.364. The zero-order valence-electron chi connectivity index (χ0n) is 8.29. The molecule has 1 aromatic carbocycles. The van der Waals surface area contributed by atoms with Gasteiger partial charge in [-0.3, -0.25) is 0 Å². The Kier molecular flexibility index (Phi) is 3.21. The van der Waals surface area contributed by atoms with Gasteiger partial charge in [0.2, 0.25) is 0 Å². The maximum atomic E-state index is 13.3. The molecule has 0 saturated heterocycles. The minimum atomic E-state index is -0.358. The highest BCUT2D eigenvalue weighted by atomic mass is 19.1. The number of hydrogen-bond donors (Lipinski definition) is 1. The molecule has 2 N–H and O–H groups in total. The van der Waals surface area contributed by atoms with Crippen LogP contribution < -0.4 is 5.73 Å². The number of halogens is 1. The molecule has 0 heterocycles. The Morgan fingerprint density at radius 1 is 1.43 bits per heavy atom. The Morgan fingerprint density at radius 3 is 2.57 bits per heavy atom. The summed E-state index contributed by atoms with van der Waals surface area (Å²) in [6.45, 7) is 3.84. The van der Waals surface area contributed by atoms with Crippen LogP contribution in [0.1, 0.15) is 31.0 Å². The molecule has 1 unspecified atom stereocenters. The van der Waals surface area contributed by atoms with Crippen molar-refractivity contribution < 1.29 is 4.39 Å². The molecule has 0 bridgehead atoms. The molecule has 0 fully saturated rings. The van der Waals surface area contributed by atoms with Crippen LogP contribution in [-0.2, 0) is 0 Å². The van der Waals surface area contributed by atoms with Gasteiger partial charge in [0.15, 0.2) is 0 Å². The third-order valence-corrected chi connectivity index (χ3v) is 2.20. The molecule has 3 heteroatoms. The summed E-state index contributed by atoms with van der Waals surface area (Å²) in [6.07, 6.45) is 0. The van der Waals surface area contributed by atoms with Crippen LogP contribution in [-0.4, -0.2) is 0 Å². The van der Waals surface area contributed by atoms with Gasteiger partial charge in [-0.15, -0.1) is 0 Å². The van der Waals surface area contributed by atoms with E-state index in [1.165, 1.54) is 18.2 Å². The van der Waals surface area contributed by atoms with E-state index in [-0.39, 0.29) is 17.8 Å². The summed E-state index contributed by atoms with van der Waals surface area (Å²) >= 11 is 0. The summed E-state index contributed by atoms with van der Waals surface area (Å²) in [5.74, 6) is -0.191. The van der Waals surface area contributed by atoms with Crippen molar-refractivity contribution in [3.8, 4) is 6.07 Å². The van der Waals surface area contributed by atoms with Crippen LogP contribution in [0, 0.1) is 23.1 Å². The van der Waals surface area contributed by atoms with Gasteiger partial charge in [0.05, 0.1) is 11.6 Å². The average Bonchev–Trinajstić information content (AvgIpc) is 2.17. The van der Waals surface area contributed by atoms with Gasteiger partial charge in [-0.2, -0.15) is 5.26 Å². The zero-order valence-corrected chi connectivity index (χ0v) is 8.29. The second-order valence-corrected chi connectivity index (χ2v) is 3.62. The van der Waals surface area contributed by atoms with Gasteiger partial charge in [0, 0.05) is 11.6 Å². The summed E-state index contributed by atoms with van der Waals surface area (Å²) in [5.41, 5.74) is 6.67. The molecule has 74 valence electrons. The van der Waals surface area contributed by atoms with E-state index >= 15 is 0 Å². The van der Waals surface area contributed by atoms with E-state index < -0.39 is 0 Å². The molecule has 0 aliphatic heterocycles. The van der Waals surface area contributed by atoms with E-state index in [9.17, 15) is 4.39 Å². The first kappa shape index (κ1) is 10.7. The van der Waals surface area contributed by atoms with Gasteiger partial charge in [0.1, 0.15) is 5.82 Å². The molecular weight excluding hydrogens is 179 g/mol. The quantitative estimate of drug-likeness (QED) is 0.781. The molecule has 0 aliphatic rings. The van der Waals surface area contributed by atoms with Crippen molar-refractivity contribution in [2.45, 2.75) is 19.9 Å². The van der Waals surface area contributed by atoms with Crippen LogP contribution in [0.3, 0.4) is 0 Å². The highest BCUT2D eigenvalue weighted by Gasteiger charge is 2.15. The average molecular weight is 192 g/mol. The third kappa shape index (κ3) is 2.09. The Hall–Kier alpha value is -1.40. The van der Waals surface area contributed by atoms with Gasteiger partial charge in [-0.1, -0.05) is 13.8 Å². The van der Waals surface area contributed by atoms with E-state index in [1.54, 1.807) is 0 Å². The van der Waals surface area contributed by atoms with Crippen molar-refractivity contribution in [3.05, 3.63) is 35.1 Å². The summed E-state index contributed by atoms with van der Waals surface area (Å²) in [7, 11) is 0. The Labute approximate surface area is 83.2 Å². The lowest BCUT2D eigenvalue weighted by atomic mass is 9.95. The van der Waals surface area contributed by atoms with Crippen LogP contribution in [0.5, 0.6) is 0 Å². The van der Waals surface area contributed by atoms with Crippen LogP contribution in [0.15, 0.2) is 18.2 Å². The molecule has 1 atom stereocenters. The largest absolute Gasteiger partial charge is 0.324 e. The Balaban J connectivity index is 3.13. The summed E-state index contributed by atoms with van der Waals surface area (Å²) in [6, 6.07) is 5.86. The van der Waals surface area contributed by atoms with Crippen molar-refractivity contribution in [2.75, 3.05) is 0 Å². The molecule has 1 rings (SSSR count). The lowest BCUT2D eigenvalue weighted by molar-refractivity contribution is 0.485. The van der Waals surface area contributed by atoms with Crippen molar-refractivity contribution in [1.29, 1.82) is 5.26 Å². The maximum Gasteiger partial charge on any atom is 0.128 e. The second-order valence-electron chi connectivity index (χ2n) is 3.62. The lowest BCUT2D eigenvalue weighted by Crippen LogP contribution is -2.18. The standard InChI is InChI=1S/C11H13FN2/c1-7(2)11(14)9-5-8(6-13)3-4-10(9)12/h3-5,7,11H,14H2,1-2H3. The van der Waals surface area contributed by atoms with Crippen molar-refractivity contribution in [1.82, 2.24) is 0 Å². The van der Waals surface area contributed by atoms with Crippen LogP contribution in [0.25, 0.3) is 0 Å². The monoisotopic (exact) mass is 192 g/mol. The molecule has 0 aromatic heterocycles. The predicted octanol–water partition coefficient (Wildman–Crippen LogP) is 2.35. The number of hydrogen-bond acceptors (Lipinski definition) is 2. The van der Waals surface area contributed by atoms with E-state index in [0.717, 1.165) is 0 Å². The molecule has 2 nitrogen and oxygen atoms in total. The zero-order chi connectivity index (χ0) is 10.7. The van der Waals surface area contributed by atoms with Crippen LogP contribution >= 0.6 is 0 Å². The smallest absolute Gasteiger partial charge is 0.128 e. The van der Waals surface area contributed by atoms with E-state index in [0.29, 0.717) is 11.1 Å². The van der Waals surface area contributed by atoms with Gasteiger partial charge >= 0.3 is 0 Å². The van der Waals surface area contributed by atoms with E-state index in [4.69, 9.17) is 11.0 Å². The molecule has 0 spiro atoms. The first-order chi connectivity index (χ1) is 6.56. The first-order valence-electron chi connectivity index (χ1n) is 4.51. The van der Waals surface area contributed by atoms with Gasteiger partial charge in [-0.25, -0.2) is 4.39 Å².